The molecule has 2 rings (SSSR count). The van der Waals surface area contributed by atoms with Crippen molar-refractivity contribution in [3.05, 3.63) is 0 Å². The SMILES string of the molecule is CC(CNC1CC1)S(=O)(=O)NCC1CCCN(C)C1. The summed E-state index contributed by atoms with van der Waals surface area (Å²) in [5.41, 5.74) is 0. The molecular formula is C13H27N3O2S. The molecule has 1 aliphatic carbocycles. The number of rotatable bonds is 7. The van der Waals surface area contributed by atoms with Gasteiger partial charge in [-0.05, 0) is 52.1 Å². The van der Waals surface area contributed by atoms with E-state index in [9.17, 15) is 8.42 Å². The van der Waals surface area contributed by atoms with Crippen molar-refractivity contribution in [1.29, 1.82) is 0 Å². The molecule has 2 unspecified atom stereocenters. The molecule has 1 saturated carbocycles. The molecule has 0 aromatic heterocycles. The lowest BCUT2D eigenvalue weighted by Crippen LogP contribution is -2.44. The number of nitrogens with one attached hydrogen (secondary N) is 2. The zero-order chi connectivity index (χ0) is 13.9. The fraction of sp³-hybridized carbons (Fsp3) is 1.00. The molecule has 0 amide bonds. The van der Waals surface area contributed by atoms with E-state index in [1.54, 1.807) is 6.92 Å². The van der Waals surface area contributed by atoms with Gasteiger partial charge >= 0.3 is 0 Å². The molecule has 0 aromatic carbocycles. The summed E-state index contributed by atoms with van der Waals surface area (Å²) in [6.45, 7) is 5.05. The second-order valence-electron chi connectivity index (χ2n) is 6.16. The second kappa shape index (κ2) is 6.52. The van der Waals surface area contributed by atoms with Crippen LogP contribution in [-0.2, 0) is 10.0 Å². The quantitative estimate of drug-likeness (QED) is 0.712. The highest BCUT2D eigenvalue weighted by Crippen LogP contribution is 2.19. The molecule has 6 heteroatoms. The number of nitrogens with zero attached hydrogens (tertiary/aromatic N) is 1. The predicted molar refractivity (Wildman–Crippen MR) is 77.6 cm³/mol. The highest BCUT2D eigenvalue weighted by Gasteiger charge is 2.26. The highest BCUT2D eigenvalue weighted by molar-refractivity contribution is 7.90. The standard InChI is InChI=1S/C13H27N3O2S/c1-11(8-14-13-5-6-13)19(17,18)15-9-12-4-3-7-16(2)10-12/h11-15H,3-10H2,1-2H3. The van der Waals surface area contributed by atoms with Crippen LogP contribution in [0.15, 0.2) is 0 Å². The van der Waals surface area contributed by atoms with Gasteiger partial charge in [0.15, 0.2) is 0 Å². The van der Waals surface area contributed by atoms with Gasteiger partial charge in [0.25, 0.3) is 0 Å². The van der Waals surface area contributed by atoms with Crippen LogP contribution in [0.1, 0.15) is 32.6 Å². The number of hydrogen-bond acceptors (Lipinski definition) is 4. The topological polar surface area (TPSA) is 61.4 Å². The highest BCUT2D eigenvalue weighted by atomic mass is 32.2. The van der Waals surface area contributed by atoms with E-state index in [0.717, 1.165) is 19.5 Å². The summed E-state index contributed by atoms with van der Waals surface area (Å²) in [5, 5.41) is 2.93. The number of hydrogen-bond donors (Lipinski definition) is 2. The van der Waals surface area contributed by atoms with Gasteiger partial charge in [-0.25, -0.2) is 13.1 Å². The van der Waals surface area contributed by atoms with Crippen LogP contribution < -0.4 is 10.0 Å². The van der Waals surface area contributed by atoms with Crippen molar-refractivity contribution < 1.29 is 8.42 Å². The lowest BCUT2D eigenvalue weighted by molar-refractivity contribution is 0.211. The summed E-state index contributed by atoms with van der Waals surface area (Å²) in [5.74, 6) is 0.456. The van der Waals surface area contributed by atoms with Crippen molar-refractivity contribution in [3.8, 4) is 0 Å². The molecule has 0 bridgehead atoms. The lowest BCUT2D eigenvalue weighted by Gasteiger charge is -2.30. The van der Waals surface area contributed by atoms with Crippen LogP contribution in [0.25, 0.3) is 0 Å². The summed E-state index contributed by atoms with van der Waals surface area (Å²) in [7, 11) is -1.08. The van der Waals surface area contributed by atoms with E-state index in [1.165, 1.54) is 19.3 Å². The Kier molecular flexibility index (Phi) is 5.22. The third-order valence-corrected chi connectivity index (χ3v) is 5.89. The first kappa shape index (κ1) is 15.2. The van der Waals surface area contributed by atoms with Crippen LogP contribution in [0, 0.1) is 5.92 Å². The van der Waals surface area contributed by atoms with Crippen LogP contribution >= 0.6 is 0 Å². The average Bonchev–Trinajstić information content (AvgIpc) is 3.18. The maximum absolute atomic E-state index is 12.1. The molecule has 1 saturated heterocycles. The van der Waals surface area contributed by atoms with Gasteiger partial charge in [-0.3, -0.25) is 0 Å². The minimum absolute atomic E-state index is 0.352. The molecule has 112 valence electrons. The number of piperidine rings is 1. The average molecular weight is 289 g/mol. The van der Waals surface area contributed by atoms with Crippen molar-refractivity contribution in [2.45, 2.75) is 43.9 Å². The summed E-state index contributed by atoms with van der Waals surface area (Å²) >= 11 is 0. The van der Waals surface area contributed by atoms with Gasteiger partial charge in [0.1, 0.15) is 0 Å². The van der Waals surface area contributed by atoms with Gasteiger partial charge in [0.2, 0.25) is 10.0 Å². The maximum Gasteiger partial charge on any atom is 0.215 e. The van der Waals surface area contributed by atoms with Crippen LogP contribution in [-0.4, -0.2) is 57.8 Å². The monoisotopic (exact) mass is 289 g/mol. The van der Waals surface area contributed by atoms with E-state index in [1.807, 2.05) is 0 Å². The van der Waals surface area contributed by atoms with Gasteiger partial charge in [-0.15, -0.1) is 0 Å². The van der Waals surface area contributed by atoms with Crippen molar-refractivity contribution >= 4 is 10.0 Å². The van der Waals surface area contributed by atoms with E-state index in [-0.39, 0.29) is 5.25 Å². The zero-order valence-electron chi connectivity index (χ0n) is 12.1. The first-order valence-corrected chi connectivity index (χ1v) is 8.92. The van der Waals surface area contributed by atoms with Crippen molar-refractivity contribution in [1.82, 2.24) is 14.9 Å². The summed E-state index contributed by atoms with van der Waals surface area (Å²) < 4.78 is 27.0. The minimum atomic E-state index is -3.18. The fourth-order valence-electron chi connectivity index (χ4n) is 2.55. The van der Waals surface area contributed by atoms with Crippen molar-refractivity contribution in [3.63, 3.8) is 0 Å². The zero-order valence-corrected chi connectivity index (χ0v) is 12.9. The molecule has 0 spiro atoms. The molecule has 2 fully saturated rings. The molecular weight excluding hydrogens is 262 g/mol. The van der Waals surface area contributed by atoms with Crippen molar-refractivity contribution in [2.24, 2.45) is 5.92 Å². The van der Waals surface area contributed by atoms with E-state index in [0.29, 0.717) is 25.0 Å². The maximum atomic E-state index is 12.1. The Morgan fingerprint density at radius 1 is 1.32 bits per heavy atom. The molecule has 2 aliphatic rings. The Labute approximate surface area is 117 Å². The Morgan fingerprint density at radius 3 is 2.68 bits per heavy atom. The number of likely N-dealkylation sites (tertiary alicyclic amines) is 1. The van der Waals surface area contributed by atoms with E-state index < -0.39 is 10.0 Å². The lowest BCUT2D eigenvalue weighted by atomic mass is 9.99. The minimum Gasteiger partial charge on any atom is -0.313 e. The number of sulfonamides is 1. The van der Waals surface area contributed by atoms with Crippen LogP contribution in [0.4, 0.5) is 0 Å². The molecule has 1 aliphatic heterocycles. The smallest absolute Gasteiger partial charge is 0.215 e. The Hall–Kier alpha value is -0.170. The molecule has 5 nitrogen and oxygen atoms in total. The Morgan fingerprint density at radius 2 is 2.05 bits per heavy atom. The summed E-state index contributed by atoms with van der Waals surface area (Å²) in [6, 6.07) is 0.560. The Bertz CT molecular complexity index is 381. The first-order chi connectivity index (χ1) is 8.97. The van der Waals surface area contributed by atoms with E-state index in [2.05, 4.69) is 22.0 Å². The van der Waals surface area contributed by atoms with E-state index >= 15 is 0 Å². The molecule has 1 heterocycles. The second-order valence-corrected chi connectivity index (χ2v) is 8.34. The van der Waals surface area contributed by atoms with Gasteiger partial charge in [-0.2, -0.15) is 0 Å². The summed E-state index contributed by atoms with van der Waals surface area (Å²) in [4.78, 5) is 2.28. The van der Waals surface area contributed by atoms with Gasteiger partial charge < -0.3 is 10.2 Å². The first-order valence-electron chi connectivity index (χ1n) is 7.38. The van der Waals surface area contributed by atoms with Gasteiger partial charge in [0.05, 0.1) is 5.25 Å². The molecule has 0 radical (unpaired) electrons. The largest absolute Gasteiger partial charge is 0.313 e. The molecule has 2 N–H and O–H groups in total. The van der Waals surface area contributed by atoms with Crippen molar-refractivity contribution in [2.75, 3.05) is 33.2 Å². The third kappa shape index (κ3) is 5.02. The van der Waals surface area contributed by atoms with Crippen LogP contribution in [0.5, 0.6) is 0 Å². The fourth-order valence-corrected chi connectivity index (χ4v) is 3.61. The summed E-state index contributed by atoms with van der Waals surface area (Å²) in [6.07, 6.45) is 4.67. The third-order valence-electron chi connectivity index (χ3n) is 4.10. The van der Waals surface area contributed by atoms with Gasteiger partial charge in [-0.1, -0.05) is 0 Å². The molecule has 2 atom stereocenters. The Balaban J connectivity index is 1.72. The normalized spacial score (nSPS) is 27.4. The van der Waals surface area contributed by atoms with Crippen LogP contribution in [0.3, 0.4) is 0 Å². The molecule has 19 heavy (non-hydrogen) atoms. The van der Waals surface area contributed by atoms with E-state index in [4.69, 9.17) is 0 Å². The predicted octanol–water partition coefficient (Wildman–Crippen LogP) is 0.388. The van der Waals surface area contributed by atoms with Crippen LogP contribution in [0.2, 0.25) is 0 Å². The van der Waals surface area contributed by atoms with Gasteiger partial charge in [0, 0.05) is 25.7 Å². The molecule has 0 aromatic rings.